The number of hydrogen-bond donors (Lipinski definition) is 2. The first-order valence-corrected chi connectivity index (χ1v) is 5.27. The fourth-order valence-electron chi connectivity index (χ4n) is 1.51. The Morgan fingerprint density at radius 2 is 2.28 bits per heavy atom. The van der Waals surface area contributed by atoms with Crippen LogP contribution in [0.15, 0.2) is 30.6 Å². The third-order valence-electron chi connectivity index (χ3n) is 2.41. The van der Waals surface area contributed by atoms with E-state index in [2.05, 4.69) is 10.4 Å². The Bertz CT molecular complexity index is 578. The molecule has 0 saturated carbocycles. The number of phenolic OH excluding ortho intramolecular Hbond substituents is 1. The van der Waals surface area contributed by atoms with Gasteiger partial charge in [-0.1, -0.05) is 0 Å². The molecule has 1 heterocycles. The average molecular weight is 247 g/mol. The summed E-state index contributed by atoms with van der Waals surface area (Å²) in [5.74, 6) is -0.0377. The highest BCUT2D eigenvalue weighted by atomic mass is 16.5. The van der Waals surface area contributed by atoms with Crippen LogP contribution in [0, 0.1) is 0 Å². The fraction of sp³-hybridized carbons (Fsp3) is 0.167. The molecule has 0 bridgehead atoms. The van der Waals surface area contributed by atoms with Gasteiger partial charge >= 0.3 is 0 Å². The summed E-state index contributed by atoms with van der Waals surface area (Å²) in [6, 6.07) is 4.50. The number of rotatable bonds is 3. The Hall–Kier alpha value is -2.50. The molecule has 0 atom stereocenters. The zero-order valence-corrected chi connectivity index (χ0v) is 10.0. The Labute approximate surface area is 104 Å². The van der Waals surface area contributed by atoms with Crippen LogP contribution in [0.3, 0.4) is 0 Å². The molecule has 0 aliphatic rings. The minimum Gasteiger partial charge on any atom is -0.507 e. The van der Waals surface area contributed by atoms with Gasteiger partial charge in [0.1, 0.15) is 11.5 Å². The molecule has 0 saturated heterocycles. The number of aryl methyl sites for hydroxylation is 1. The van der Waals surface area contributed by atoms with Crippen LogP contribution >= 0.6 is 0 Å². The van der Waals surface area contributed by atoms with Crippen LogP contribution in [-0.4, -0.2) is 27.9 Å². The third kappa shape index (κ3) is 2.42. The van der Waals surface area contributed by atoms with E-state index in [-0.39, 0.29) is 11.3 Å². The van der Waals surface area contributed by atoms with E-state index >= 15 is 0 Å². The maximum Gasteiger partial charge on any atom is 0.259 e. The summed E-state index contributed by atoms with van der Waals surface area (Å²) in [6.07, 6.45) is 3.19. The number of aromatic hydroxyl groups is 1. The number of carbonyl (C=O) groups excluding carboxylic acids is 1. The molecule has 6 heteroatoms. The van der Waals surface area contributed by atoms with Gasteiger partial charge in [0.2, 0.25) is 0 Å². The van der Waals surface area contributed by atoms with Crippen molar-refractivity contribution in [1.82, 2.24) is 9.78 Å². The van der Waals surface area contributed by atoms with E-state index in [1.807, 2.05) is 0 Å². The topological polar surface area (TPSA) is 76.4 Å². The number of methoxy groups -OCH3 is 1. The molecule has 0 spiro atoms. The standard InChI is InChI=1S/C12H13N3O3/c1-15-7-8(6-13-15)14-12(17)10-4-3-9(18-2)5-11(10)16/h3-7,16H,1-2H3,(H,14,17). The van der Waals surface area contributed by atoms with E-state index < -0.39 is 5.91 Å². The first-order chi connectivity index (χ1) is 8.60. The first-order valence-electron chi connectivity index (χ1n) is 5.27. The van der Waals surface area contributed by atoms with Gasteiger partial charge in [-0.25, -0.2) is 0 Å². The zero-order valence-electron chi connectivity index (χ0n) is 10.0. The lowest BCUT2D eigenvalue weighted by Crippen LogP contribution is -2.11. The predicted molar refractivity (Wildman–Crippen MR) is 65.8 cm³/mol. The largest absolute Gasteiger partial charge is 0.507 e. The van der Waals surface area contributed by atoms with Gasteiger partial charge in [-0.05, 0) is 12.1 Å². The maximum absolute atomic E-state index is 11.9. The molecule has 0 unspecified atom stereocenters. The van der Waals surface area contributed by atoms with E-state index in [4.69, 9.17) is 4.74 Å². The van der Waals surface area contributed by atoms with Crippen LogP contribution in [-0.2, 0) is 7.05 Å². The molecule has 0 aliphatic heterocycles. The van der Waals surface area contributed by atoms with E-state index in [0.717, 1.165) is 0 Å². The molecule has 1 aromatic heterocycles. The molecular formula is C12H13N3O3. The smallest absolute Gasteiger partial charge is 0.259 e. The number of ether oxygens (including phenoxy) is 1. The van der Waals surface area contributed by atoms with E-state index in [0.29, 0.717) is 11.4 Å². The second-order valence-corrected chi connectivity index (χ2v) is 3.74. The normalized spacial score (nSPS) is 10.1. The third-order valence-corrected chi connectivity index (χ3v) is 2.41. The molecule has 2 rings (SSSR count). The highest BCUT2D eigenvalue weighted by Gasteiger charge is 2.12. The number of anilines is 1. The predicted octanol–water partition coefficient (Wildman–Crippen LogP) is 1.39. The quantitative estimate of drug-likeness (QED) is 0.859. The summed E-state index contributed by atoms with van der Waals surface area (Å²) >= 11 is 0. The number of amides is 1. The van der Waals surface area contributed by atoms with Crippen LogP contribution < -0.4 is 10.1 Å². The lowest BCUT2D eigenvalue weighted by molar-refractivity contribution is 0.102. The second-order valence-electron chi connectivity index (χ2n) is 3.74. The Balaban J connectivity index is 2.18. The number of aromatic nitrogens is 2. The Kier molecular flexibility index (Phi) is 3.18. The first kappa shape index (κ1) is 12.0. The molecule has 18 heavy (non-hydrogen) atoms. The number of benzene rings is 1. The van der Waals surface area contributed by atoms with Gasteiger partial charge in [0.05, 0.1) is 24.6 Å². The van der Waals surface area contributed by atoms with Gasteiger partial charge in [-0.3, -0.25) is 9.48 Å². The highest BCUT2D eigenvalue weighted by molar-refractivity contribution is 6.06. The van der Waals surface area contributed by atoms with Crippen molar-refractivity contribution in [2.75, 3.05) is 12.4 Å². The van der Waals surface area contributed by atoms with Gasteiger partial charge in [-0.2, -0.15) is 5.10 Å². The van der Waals surface area contributed by atoms with Crippen molar-refractivity contribution in [3.8, 4) is 11.5 Å². The summed E-state index contributed by atoms with van der Waals surface area (Å²) in [4.78, 5) is 11.9. The van der Waals surface area contributed by atoms with Crippen LogP contribution in [0.25, 0.3) is 0 Å². The average Bonchev–Trinajstić information content (AvgIpc) is 2.74. The van der Waals surface area contributed by atoms with Gasteiger partial charge in [0.15, 0.2) is 0 Å². The summed E-state index contributed by atoms with van der Waals surface area (Å²) in [5, 5.41) is 16.3. The minimum absolute atomic E-state index is 0.129. The molecule has 6 nitrogen and oxygen atoms in total. The van der Waals surface area contributed by atoms with Crippen molar-refractivity contribution in [2.24, 2.45) is 7.05 Å². The number of phenols is 1. The van der Waals surface area contributed by atoms with Gasteiger partial charge in [0.25, 0.3) is 5.91 Å². The van der Waals surface area contributed by atoms with Crippen LogP contribution in [0.1, 0.15) is 10.4 Å². The summed E-state index contributed by atoms with van der Waals surface area (Å²) in [6.45, 7) is 0. The Morgan fingerprint density at radius 3 is 2.83 bits per heavy atom. The fourth-order valence-corrected chi connectivity index (χ4v) is 1.51. The molecule has 1 amide bonds. The van der Waals surface area contributed by atoms with Gasteiger partial charge < -0.3 is 15.2 Å². The van der Waals surface area contributed by atoms with E-state index in [1.54, 1.807) is 24.0 Å². The van der Waals surface area contributed by atoms with Crippen molar-refractivity contribution < 1.29 is 14.6 Å². The SMILES string of the molecule is COc1ccc(C(=O)Nc2cnn(C)c2)c(O)c1. The van der Waals surface area contributed by atoms with E-state index in [1.165, 1.54) is 25.4 Å². The number of nitrogens with zero attached hydrogens (tertiary/aromatic N) is 2. The minimum atomic E-state index is -0.400. The molecule has 1 aromatic carbocycles. The molecule has 2 N–H and O–H groups in total. The second kappa shape index (κ2) is 4.79. The number of carbonyl (C=O) groups is 1. The molecule has 2 aromatic rings. The maximum atomic E-state index is 11.9. The lowest BCUT2D eigenvalue weighted by Gasteiger charge is -2.06. The molecule has 0 fully saturated rings. The summed E-state index contributed by atoms with van der Waals surface area (Å²) in [7, 11) is 3.24. The van der Waals surface area contributed by atoms with Crippen molar-refractivity contribution in [3.05, 3.63) is 36.2 Å². The van der Waals surface area contributed by atoms with Crippen LogP contribution in [0.2, 0.25) is 0 Å². The molecule has 94 valence electrons. The monoisotopic (exact) mass is 247 g/mol. The Morgan fingerprint density at radius 1 is 1.50 bits per heavy atom. The number of nitrogens with one attached hydrogen (secondary N) is 1. The van der Waals surface area contributed by atoms with Gasteiger partial charge in [0, 0.05) is 19.3 Å². The van der Waals surface area contributed by atoms with E-state index in [9.17, 15) is 9.90 Å². The molecule has 0 aliphatic carbocycles. The van der Waals surface area contributed by atoms with Crippen LogP contribution in [0.5, 0.6) is 11.5 Å². The van der Waals surface area contributed by atoms with Crippen molar-refractivity contribution in [1.29, 1.82) is 0 Å². The highest BCUT2D eigenvalue weighted by Crippen LogP contribution is 2.24. The van der Waals surface area contributed by atoms with Crippen molar-refractivity contribution >= 4 is 11.6 Å². The number of hydrogen-bond acceptors (Lipinski definition) is 4. The molecule has 0 radical (unpaired) electrons. The lowest BCUT2D eigenvalue weighted by atomic mass is 10.2. The summed E-state index contributed by atoms with van der Waals surface area (Å²) < 4.78 is 6.52. The van der Waals surface area contributed by atoms with Crippen molar-refractivity contribution in [3.63, 3.8) is 0 Å². The zero-order chi connectivity index (χ0) is 13.1. The molecular weight excluding hydrogens is 234 g/mol. The summed E-state index contributed by atoms with van der Waals surface area (Å²) in [5.41, 5.74) is 0.748. The van der Waals surface area contributed by atoms with Crippen LogP contribution in [0.4, 0.5) is 5.69 Å². The van der Waals surface area contributed by atoms with Gasteiger partial charge in [-0.15, -0.1) is 0 Å². The van der Waals surface area contributed by atoms with Crippen molar-refractivity contribution in [2.45, 2.75) is 0 Å².